The van der Waals surface area contributed by atoms with Crippen LogP contribution in [0.25, 0.3) is 0 Å². The molecule has 0 unspecified atom stereocenters. The van der Waals surface area contributed by atoms with E-state index in [2.05, 4.69) is 6.08 Å². The van der Waals surface area contributed by atoms with Gasteiger partial charge in [-0.1, -0.05) is 11.6 Å². The summed E-state index contributed by atoms with van der Waals surface area (Å²) in [5.74, 6) is 0.814. The molecule has 15 heavy (non-hydrogen) atoms. The maximum absolute atomic E-state index is 5.91. The molecule has 0 aliphatic heterocycles. The van der Waals surface area contributed by atoms with Crippen LogP contribution >= 0.6 is 0 Å². The molecule has 86 valence electrons. The van der Waals surface area contributed by atoms with Crippen molar-refractivity contribution in [3.05, 3.63) is 11.6 Å². The van der Waals surface area contributed by atoms with Crippen LogP contribution in [0.15, 0.2) is 11.6 Å². The van der Waals surface area contributed by atoms with Crippen molar-refractivity contribution in [3.63, 3.8) is 0 Å². The fraction of sp³-hybridized carbons (Fsp3) is 0.846. The number of nitrogens with two attached hydrogens (primary N) is 2. The number of rotatable bonds is 1. The van der Waals surface area contributed by atoms with Crippen molar-refractivity contribution in [2.24, 2.45) is 17.4 Å². The molecule has 2 heteroatoms. The second-order valence-corrected chi connectivity index (χ2v) is 5.34. The van der Waals surface area contributed by atoms with Crippen LogP contribution in [0.4, 0.5) is 0 Å². The summed E-state index contributed by atoms with van der Waals surface area (Å²) >= 11 is 0. The van der Waals surface area contributed by atoms with E-state index < -0.39 is 0 Å². The molecule has 0 radical (unpaired) electrons. The molecule has 0 aromatic carbocycles. The summed E-state index contributed by atoms with van der Waals surface area (Å²) in [6.45, 7) is 0. The second kappa shape index (κ2) is 5.13. The summed E-state index contributed by atoms with van der Waals surface area (Å²) in [5, 5.41) is 0. The van der Waals surface area contributed by atoms with Crippen LogP contribution in [0.1, 0.15) is 51.4 Å². The third-order valence-corrected chi connectivity index (χ3v) is 3.96. The fourth-order valence-corrected chi connectivity index (χ4v) is 2.82. The summed E-state index contributed by atoms with van der Waals surface area (Å²) in [6.07, 6.45) is 12.4. The molecule has 2 fully saturated rings. The molecule has 0 heterocycles. The molecule has 0 spiro atoms. The third kappa shape index (κ3) is 3.32. The van der Waals surface area contributed by atoms with Gasteiger partial charge in [0.15, 0.2) is 0 Å². The molecule has 2 aliphatic rings. The topological polar surface area (TPSA) is 52.0 Å². The van der Waals surface area contributed by atoms with Gasteiger partial charge in [-0.25, -0.2) is 0 Å². The SMILES string of the molecule is NC1CCC(=CC2CCC(N)CC2)CC1. The van der Waals surface area contributed by atoms with Gasteiger partial charge in [-0.2, -0.15) is 0 Å². The van der Waals surface area contributed by atoms with E-state index in [1.807, 2.05) is 0 Å². The molecule has 2 saturated carbocycles. The van der Waals surface area contributed by atoms with Crippen LogP contribution in [0.2, 0.25) is 0 Å². The largest absolute Gasteiger partial charge is 0.328 e. The average Bonchev–Trinajstić information content (AvgIpc) is 2.25. The molecule has 0 aromatic heterocycles. The average molecular weight is 208 g/mol. The Bertz CT molecular complexity index is 217. The first-order valence-corrected chi connectivity index (χ1v) is 6.45. The van der Waals surface area contributed by atoms with Gasteiger partial charge in [0.05, 0.1) is 0 Å². The number of hydrogen-bond donors (Lipinski definition) is 2. The zero-order valence-electron chi connectivity index (χ0n) is 9.62. The zero-order valence-corrected chi connectivity index (χ0v) is 9.62. The van der Waals surface area contributed by atoms with Crippen molar-refractivity contribution in [1.82, 2.24) is 0 Å². The fourth-order valence-electron chi connectivity index (χ4n) is 2.82. The Balaban J connectivity index is 1.82. The van der Waals surface area contributed by atoms with Crippen LogP contribution in [-0.2, 0) is 0 Å². The van der Waals surface area contributed by atoms with Crippen LogP contribution < -0.4 is 11.5 Å². The van der Waals surface area contributed by atoms with Crippen molar-refractivity contribution in [2.45, 2.75) is 63.5 Å². The molecule has 0 bridgehead atoms. The van der Waals surface area contributed by atoms with E-state index in [0.29, 0.717) is 12.1 Å². The lowest BCUT2D eigenvalue weighted by molar-refractivity contribution is 0.371. The van der Waals surface area contributed by atoms with Crippen molar-refractivity contribution >= 4 is 0 Å². The van der Waals surface area contributed by atoms with Crippen molar-refractivity contribution in [2.75, 3.05) is 0 Å². The van der Waals surface area contributed by atoms with Gasteiger partial charge in [0, 0.05) is 12.1 Å². The maximum Gasteiger partial charge on any atom is 0.00449 e. The van der Waals surface area contributed by atoms with E-state index in [1.54, 1.807) is 5.57 Å². The van der Waals surface area contributed by atoms with Crippen LogP contribution in [0.5, 0.6) is 0 Å². The maximum atomic E-state index is 5.91. The van der Waals surface area contributed by atoms with E-state index in [0.717, 1.165) is 5.92 Å². The highest BCUT2D eigenvalue weighted by Gasteiger charge is 2.19. The Morgan fingerprint density at radius 3 is 1.93 bits per heavy atom. The van der Waals surface area contributed by atoms with E-state index >= 15 is 0 Å². The minimum Gasteiger partial charge on any atom is -0.328 e. The first-order chi connectivity index (χ1) is 7.24. The Morgan fingerprint density at radius 1 is 0.800 bits per heavy atom. The van der Waals surface area contributed by atoms with Crippen molar-refractivity contribution in [1.29, 1.82) is 0 Å². The lowest BCUT2D eigenvalue weighted by Crippen LogP contribution is -2.26. The Hall–Kier alpha value is -0.340. The summed E-state index contributed by atoms with van der Waals surface area (Å²) in [7, 11) is 0. The van der Waals surface area contributed by atoms with Gasteiger partial charge in [0.2, 0.25) is 0 Å². The smallest absolute Gasteiger partial charge is 0.00449 e. The van der Waals surface area contributed by atoms with Crippen LogP contribution in [0, 0.1) is 5.92 Å². The molecular weight excluding hydrogens is 184 g/mol. The predicted molar refractivity (Wildman–Crippen MR) is 64.5 cm³/mol. The number of hydrogen-bond acceptors (Lipinski definition) is 2. The molecule has 0 saturated heterocycles. The highest BCUT2D eigenvalue weighted by molar-refractivity contribution is 5.08. The summed E-state index contributed by atoms with van der Waals surface area (Å²) in [4.78, 5) is 0. The van der Waals surface area contributed by atoms with E-state index in [-0.39, 0.29) is 0 Å². The molecule has 2 nitrogen and oxygen atoms in total. The van der Waals surface area contributed by atoms with Crippen LogP contribution in [0.3, 0.4) is 0 Å². The first-order valence-electron chi connectivity index (χ1n) is 6.45. The molecule has 2 rings (SSSR count). The van der Waals surface area contributed by atoms with Crippen LogP contribution in [-0.4, -0.2) is 12.1 Å². The monoisotopic (exact) mass is 208 g/mol. The summed E-state index contributed by atoms with van der Waals surface area (Å²) < 4.78 is 0. The van der Waals surface area contributed by atoms with Gasteiger partial charge < -0.3 is 11.5 Å². The summed E-state index contributed by atoms with van der Waals surface area (Å²) in [6, 6.07) is 0.932. The zero-order chi connectivity index (χ0) is 10.7. The van der Waals surface area contributed by atoms with Crippen molar-refractivity contribution < 1.29 is 0 Å². The quantitative estimate of drug-likeness (QED) is 0.650. The van der Waals surface area contributed by atoms with Gasteiger partial charge in [-0.05, 0) is 57.3 Å². The van der Waals surface area contributed by atoms with Gasteiger partial charge >= 0.3 is 0 Å². The molecule has 0 aromatic rings. The summed E-state index contributed by atoms with van der Waals surface area (Å²) in [5.41, 5.74) is 13.5. The lowest BCUT2D eigenvalue weighted by atomic mass is 9.82. The minimum absolute atomic E-state index is 0.460. The Labute approximate surface area is 93.1 Å². The minimum atomic E-state index is 0.460. The first kappa shape index (κ1) is 11.2. The van der Waals surface area contributed by atoms with E-state index in [1.165, 1.54) is 51.4 Å². The molecule has 0 atom stereocenters. The van der Waals surface area contributed by atoms with Crippen molar-refractivity contribution in [3.8, 4) is 0 Å². The highest BCUT2D eigenvalue weighted by atomic mass is 14.6. The Morgan fingerprint density at radius 2 is 1.33 bits per heavy atom. The highest BCUT2D eigenvalue weighted by Crippen LogP contribution is 2.29. The molecule has 0 amide bonds. The molecule has 4 N–H and O–H groups in total. The third-order valence-electron chi connectivity index (χ3n) is 3.96. The standard InChI is InChI=1S/C13H24N2/c14-12-5-1-10(2-6-12)9-11-3-7-13(15)8-4-11/h9-10,12-13H,1-8,14-15H2. The van der Waals surface area contributed by atoms with E-state index in [4.69, 9.17) is 11.5 Å². The Kier molecular flexibility index (Phi) is 3.81. The molecular formula is C13H24N2. The normalized spacial score (nSPS) is 37.7. The van der Waals surface area contributed by atoms with Gasteiger partial charge in [-0.3, -0.25) is 0 Å². The number of allylic oxidation sites excluding steroid dienone is 2. The lowest BCUT2D eigenvalue weighted by Gasteiger charge is -2.26. The van der Waals surface area contributed by atoms with E-state index in [9.17, 15) is 0 Å². The second-order valence-electron chi connectivity index (χ2n) is 5.34. The molecule has 2 aliphatic carbocycles. The van der Waals surface area contributed by atoms with Gasteiger partial charge in [0.1, 0.15) is 0 Å². The van der Waals surface area contributed by atoms with Gasteiger partial charge in [0.25, 0.3) is 0 Å². The van der Waals surface area contributed by atoms with Gasteiger partial charge in [-0.15, -0.1) is 0 Å². The predicted octanol–water partition coefficient (Wildman–Crippen LogP) is 2.33.